The van der Waals surface area contributed by atoms with E-state index < -0.39 is 11.7 Å². The number of ether oxygens (including phenoxy) is 1. The molecule has 0 spiro atoms. The Morgan fingerprint density at radius 3 is 2.11 bits per heavy atom. The number of esters is 1. The van der Waals surface area contributed by atoms with E-state index in [-0.39, 0.29) is 26.8 Å². The molecule has 0 aromatic heterocycles. The third-order valence-corrected chi connectivity index (χ3v) is 4.16. The molecule has 0 heterocycles. The van der Waals surface area contributed by atoms with Crippen LogP contribution in [0.1, 0.15) is 54.4 Å². The van der Waals surface area contributed by atoms with Crippen molar-refractivity contribution in [3.05, 3.63) is 0 Å². The van der Waals surface area contributed by atoms with Gasteiger partial charge >= 0.3 is 5.97 Å². The minimum absolute atomic E-state index is 0.184. The van der Waals surface area contributed by atoms with Crippen molar-refractivity contribution in [3.8, 4) is 0 Å². The number of carbonyl (C=O) groups is 1. The summed E-state index contributed by atoms with van der Waals surface area (Å²) in [5, 5.41) is 10.3. The molecular formula is C15H32O3Si. The van der Waals surface area contributed by atoms with Crippen LogP contribution in [-0.2, 0) is 9.53 Å². The van der Waals surface area contributed by atoms with Crippen molar-refractivity contribution in [2.75, 3.05) is 0 Å². The fourth-order valence-corrected chi connectivity index (χ4v) is 3.18. The van der Waals surface area contributed by atoms with Gasteiger partial charge in [0.15, 0.2) is 0 Å². The predicted octanol–water partition coefficient (Wildman–Crippen LogP) is 2.77. The zero-order valence-electron chi connectivity index (χ0n) is 13.7. The Labute approximate surface area is 120 Å². The van der Waals surface area contributed by atoms with Crippen LogP contribution < -0.4 is 0 Å². The molecule has 4 heteroatoms. The Balaban J connectivity index is 4.57. The number of carbonyl (C=O) groups excluding carboxylic acids is 1. The van der Waals surface area contributed by atoms with Crippen LogP contribution in [0.2, 0.25) is 12.6 Å². The summed E-state index contributed by atoms with van der Waals surface area (Å²) >= 11 is 0. The summed E-state index contributed by atoms with van der Waals surface area (Å²) in [6.07, 6.45) is 1.02. The molecule has 0 saturated carbocycles. The van der Waals surface area contributed by atoms with Crippen LogP contribution in [0.4, 0.5) is 0 Å². The molecular weight excluding hydrogens is 256 g/mol. The summed E-state index contributed by atoms with van der Waals surface area (Å²) in [6, 6.07) is 0.820. The topological polar surface area (TPSA) is 46.5 Å². The van der Waals surface area contributed by atoms with Crippen molar-refractivity contribution in [2.45, 2.75) is 78.7 Å². The molecule has 114 valence electrons. The lowest BCUT2D eigenvalue weighted by atomic mass is 9.87. The second kappa shape index (κ2) is 7.43. The van der Waals surface area contributed by atoms with Crippen molar-refractivity contribution >= 4 is 15.5 Å². The lowest BCUT2D eigenvalue weighted by molar-refractivity contribution is -0.163. The first-order valence-electron chi connectivity index (χ1n) is 7.37. The summed E-state index contributed by atoms with van der Waals surface area (Å²) in [6.45, 7) is 14.2. The van der Waals surface area contributed by atoms with Gasteiger partial charge in [0.1, 0.15) is 5.60 Å². The van der Waals surface area contributed by atoms with Gasteiger partial charge in [-0.15, -0.1) is 0 Å². The van der Waals surface area contributed by atoms with E-state index in [0.717, 1.165) is 12.5 Å². The minimum atomic E-state index is -0.568. The average molecular weight is 289 g/mol. The van der Waals surface area contributed by atoms with Crippen molar-refractivity contribution < 1.29 is 14.6 Å². The average Bonchev–Trinajstić information content (AvgIpc) is 2.18. The van der Waals surface area contributed by atoms with Gasteiger partial charge < -0.3 is 9.84 Å². The van der Waals surface area contributed by atoms with E-state index in [1.807, 2.05) is 20.8 Å². The highest BCUT2D eigenvalue weighted by molar-refractivity contribution is 6.34. The first-order valence-corrected chi connectivity index (χ1v) is 9.78. The van der Waals surface area contributed by atoms with Crippen LogP contribution in [0, 0.1) is 11.3 Å². The second-order valence-corrected chi connectivity index (χ2v) is 9.17. The van der Waals surface area contributed by atoms with Crippen LogP contribution in [0.25, 0.3) is 0 Å². The molecule has 0 aliphatic rings. The minimum Gasteiger partial charge on any atom is -0.460 e. The zero-order chi connectivity index (χ0) is 15.3. The summed E-state index contributed by atoms with van der Waals surface area (Å²) in [4.78, 5) is 12.2. The molecule has 19 heavy (non-hydrogen) atoms. The highest BCUT2D eigenvalue weighted by atomic mass is 28.2. The molecule has 0 saturated heterocycles. The third-order valence-electron chi connectivity index (χ3n) is 2.96. The van der Waals surface area contributed by atoms with Gasteiger partial charge in [0.05, 0.1) is 12.0 Å². The molecule has 0 bridgehead atoms. The van der Waals surface area contributed by atoms with Gasteiger partial charge in [-0.25, -0.2) is 0 Å². The van der Waals surface area contributed by atoms with E-state index >= 15 is 0 Å². The van der Waals surface area contributed by atoms with Gasteiger partial charge in [-0.2, -0.15) is 0 Å². The van der Waals surface area contributed by atoms with Crippen LogP contribution in [0.3, 0.4) is 0 Å². The third kappa shape index (κ3) is 9.22. The van der Waals surface area contributed by atoms with Gasteiger partial charge in [-0.3, -0.25) is 4.79 Å². The molecule has 0 amide bonds. The summed E-state index contributed by atoms with van der Waals surface area (Å²) in [7, 11) is -0.284. The normalized spacial score (nSPS) is 16.6. The van der Waals surface area contributed by atoms with Gasteiger partial charge in [-0.1, -0.05) is 27.3 Å². The molecule has 0 radical (unpaired) electrons. The number of aliphatic hydroxyl groups is 1. The van der Waals surface area contributed by atoms with Crippen molar-refractivity contribution in [3.63, 3.8) is 0 Å². The molecule has 0 aromatic carbocycles. The van der Waals surface area contributed by atoms with Crippen molar-refractivity contribution in [2.24, 2.45) is 11.3 Å². The maximum Gasteiger partial charge on any atom is 0.311 e. The SMILES string of the molecule is C[SiH2]CC(C(=O)OC(C)(C)C)C(O)CCC(C)(C)C. The van der Waals surface area contributed by atoms with Gasteiger partial charge in [-0.05, 0) is 45.1 Å². The van der Waals surface area contributed by atoms with Crippen LogP contribution in [0.5, 0.6) is 0 Å². The maximum atomic E-state index is 12.2. The molecule has 0 rings (SSSR count). The maximum absolute atomic E-state index is 12.2. The lowest BCUT2D eigenvalue weighted by Crippen LogP contribution is -2.35. The Hall–Kier alpha value is -0.353. The van der Waals surface area contributed by atoms with E-state index in [2.05, 4.69) is 27.3 Å². The molecule has 0 aliphatic heterocycles. The highest BCUT2D eigenvalue weighted by Crippen LogP contribution is 2.26. The first-order chi connectivity index (χ1) is 8.46. The number of rotatable bonds is 6. The molecule has 0 fully saturated rings. The van der Waals surface area contributed by atoms with Gasteiger partial charge in [0.25, 0.3) is 0 Å². The second-order valence-electron chi connectivity index (χ2n) is 7.60. The summed E-state index contributed by atoms with van der Waals surface area (Å²) in [5.74, 6) is -0.568. The van der Waals surface area contributed by atoms with E-state index in [0.29, 0.717) is 6.42 Å². The van der Waals surface area contributed by atoms with Crippen molar-refractivity contribution in [1.29, 1.82) is 0 Å². The number of hydrogen-bond donors (Lipinski definition) is 1. The number of aliphatic hydroxyl groups excluding tert-OH is 1. The van der Waals surface area contributed by atoms with Crippen molar-refractivity contribution in [1.82, 2.24) is 0 Å². The molecule has 0 aliphatic carbocycles. The molecule has 2 atom stereocenters. The smallest absolute Gasteiger partial charge is 0.311 e. The Bertz CT molecular complexity index is 276. The van der Waals surface area contributed by atoms with Gasteiger partial charge in [0.2, 0.25) is 0 Å². The largest absolute Gasteiger partial charge is 0.460 e. The van der Waals surface area contributed by atoms with Crippen LogP contribution in [0.15, 0.2) is 0 Å². The highest BCUT2D eigenvalue weighted by Gasteiger charge is 2.31. The summed E-state index contributed by atoms with van der Waals surface area (Å²) in [5.41, 5.74) is -0.294. The Kier molecular flexibility index (Phi) is 7.30. The number of hydrogen-bond acceptors (Lipinski definition) is 3. The standard InChI is InChI=1S/C15H32O3Si/c1-14(2,3)9-8-12(16)11(10-19-7)13(17)18-15(4,5)6/h11-12,16H,8-10,19H2,1-7H3. The Morgan fingerprint density at radius 1 is 1.21 bits per heavy atom. The van der Waals surface area contributed by atoms with Crippen LogP contribution in [-0.4, -0.2) is 32.3 Å². The monoisotopic (exact) mass is 288 g/mol. The predicted molar refractivity (Wildman–Crippen MR) is 83.2 cm³/mol. The van der Waals surface area contributed by atoms with E-state index in [9.17, 15) is 9.90 Å². The molecule has 1 N–H and O–H groups in total. The fraction of sp³-hybridized carbons (Fsp3) is 0.933. The first kappa shape index (κ1) is 18.6. The van der Waals surface area contributed by atoms with E-state index in [1.165, 1.54) is 0 Å². The van der Waals surface area contributed by atoms with E-state index in [1.54, 1.807) is 0 Å². The lowest BCUT2D eigenvalue weighted by Gasteiger charge is -2.28. The summed E-state index contributed by atoms with van der Waals surface area (Å²) < 4.78 is 5.43. The van der Waals surface area contributed by atoms with Gasteiger partial charge in [0, 0.05) is 9.52 Å². The fourth-order valence-electron chi connectivity index (χ4n) is 1.94. The molecule has 0 aromatic rings. The zero-order valence-corrected chi connectivity index (χ0v) is 15.2. The molecule has 3 nitrogen and oxygen atoms in total. The quantitative estimate of drug-likeness (QED) is 0.604. The Morgan fingerprint density at radius 2 is 1.74 bits per heavy atom. The molecule has 2 unspecified atom stereocenters. The van der Waals surface area contributed by atoms with E-state index in [4.69, 9.17) is 4.74 Å². The van der Waals surface area contributed by atoms with Crippen LogP contribution >= 0.6 is 0 Å².